The van der Waals surface area contributed by atoms with Crippen LogP contribution in [0.1, 0.15) is 22.3 Å². The van der Waals surface area contributed by atoms with Crippen molar-refractivity contribution in [3.63, 3.8) is 0 Å². The summed E-state index contributed by atoms with van der Waals surface area (Å²) in [5, 5.41) is 11.8. The molecular formula is C60H42N2O2S. The lowest BCUT2D eigenvalue weighted by Gasteiger charge is -2.29. The summed E-state index contributed by atoms with van der Waals surface area (Å²) < 4.78 is 16.0. The Morgan fingerprint density at radius 2 is 0.708 bits per heavy atom. The monoisotopic (exact) mass is 854 g/mol. The molecule has 13 aromatic rings. The molecule has 0 saturated heterocycles. The summed E-state index contributed by atoms with van der Waals surface area (Å²) in [5.41, 5.74) is 14.8. The van der Waals surface area contributed by atoms with E-state index in [4.69, 9.17) is 8.83 Å². The van der Waals surface area contributed by atoms with Gasteiger partial charge in [-0.2, -0.15) is 0 Å². The minimum absolute atomic E-state index is 0.872. The molecule has 0 amide bonds. The largest absolute Gasteiger partial charge is 0.454 e. The molecule has 0 unspecified atom stereocenters. The third-order valence-corrected chi connectivity index (χ3v) is 14.5. The van der Waals surface area contributed by atoms with E-state index >= 15 is 0 Å². The summed E-state index contributed by atoms with van der Waals surface area (Å²) in [6, 6.07) is 66.1. The van der Waals surface area contributed by atoms with E-state index in [1.54, 1.807) is 0 Å². The molecule has 0 aliphatic carbocycles. The topological polar surface area (TPSA) is 32.8 Å². The van der Waals surface area contributed by atoms with Crippen LogP contribution in [-0.4, -0.2) is 0 Å². The number of hydrogen-bond donors (Lipinski definition) is 0. The fourth-order valence-corrected chi connectivity index (χ4v) is 11.6. The molecule has 310 valence electrons. The molecule has 0 N–H and O–H groups in total. The molecule has 13 rings (SSSR count). The van der Waals surface area contributed by atoms with Gasteiger partial charge >= 0.3 is 0 Å². The molecule has 0 aliphatic rings. The highest BCUT2D eigenvalue weighted by Gasteiger charge is 2.27. The number of aryl methyl sites for hydroxylation is 4. The predicted molar refractivity (Wildman–Crippen MR) is 277 cm³/mol. The molecule has 4 nitrogen and oxygen atoms in total. The maximum Gasteiger partial charge on any atom is 0.159 e. The van der Waals surface area contributed by atoms with Crippen molar-refractivity contribution in [3.05, 3.63) is 204 Å². The Morgan fingerprint density at radius 1 is 0.323 bits per heavy atom. The van der Waals surface area contributed by atoms with E-state index in [1.807, 2.05) is 23.5 Å². The van der Waals surface area contributed by atoms with Crippen molar-refractivity contribution in [1.82, 2.24) is 0 Å². The van der Waals surface area contributed by atoms with Crippen LogP contribution < -0.4 is 9.80 Å². The molecular weight excluding hydrogens is 813 g/mol. The van der Waals surface area contributed by atoms with Crippen molar-refractivity contribution in [2.24, 2.45) is 0 Å². The Bertz CT molecular complexity index is 3830. The highest BCUT2D eigenvalue weighted by atomic mass is 32.1. The predicted octanol–water partition coefficient (Wildman–Crippen LogP) is 18.3. The fourth-order valence-electron chi connectivity index (χ4n) is 10.3. The second-order valence-corrected chi connectivity index (χ2v) is 18.6. The van der Waals surface area contributed by atoms with E-state index in [9.17, 15) is 0 Å². The second-order valence-electron chi connectivity index (χ2n) is 17.5. The zero-order valence-electron chi connectivity index (χ0n) is 36.4. The Hall–Kier alpha value is -7.86. The van der Waals surface area contributed by atoms with Gasteiger partial charge < -0.3 is 18.6 Å². The van der Waals surface area contributed by atoms with Crippen LogP contribution in [0.2, 0.25) is 0 Å². The minimum Gasteiger partial charge on any atom is -0.454 e. The summed E-state index contributed by atoms with van der Waals surface area (Å²) >= 11 is 1.86. The van der Waals surface area contributed by atoms with Gasteiger partial charge in [0.2, 0.25) is 0 Å². The number of para-hydroxylation sites is 4. The second kappa shape index (κ2) is 14.3. The third kappa shape index (κ3) is 5.68. The maximum absolute atomic E-state index is 6.79. The highest BCUT2D eigenvalue weighted by Crippen LogP contribution is 2.53. The van der Waals surface area contributed by atoms with Gasteiger partial charge in [-0.05, 0) is 109 Å². The van der Waals surface area contributed by atoms with Crippen molar-refractivity contribution in [3.8, 4) is 0 Å². The van der Waals surface area contributed by atoms with Crippen LogP contribution >= 0.6 is 11.3 Å². The summed E-state index contributed by atoms with van der Waals surface area (Å²) in [4.78, 5) is 4.89. The van der Waals surface area contributed by atoms with Gasteiger partial charge in [-0.15, -0.1) is 11.3 Å². The molecule has 10 aromatic carbocycles. The molecule has 0 atom stereocenters. The summed E-state index contributed by atoms with van der Waals surface area (Å²) in [7, 11) is 0. The zero-order chi connectivity index (χ0) is 43.5. The average molecular weight is 855 g/mol. The Balaban J connectivity index is 1.12. The average Bonchev–Trinajstić information content (AvgIpc) is 4.04. The van der Waals surface area contributed by atoms with Crippen LogP contribution in [0.3, 0.4) is 0 Å². The SMILES string of the molecule is Cc1ccc(C)c(N(c2cc3sc4cc(N(c5cc(C)ccc5C)c5cccc6c5oc5ccccc56)c5ccccc5c4c3c3ccccc23)c2cccc3c2oc2ccccc23)c1. The van der Waals surface area contributed by atoms with Gasteiger partial charge in [-0.3, -0.25) is 0 Å². The Kier molecular flexibility index (Phi) is 8.31. The van der Waals surface area contributed by atoms with Gasteiger partial charge in [-0.25, -0.2) is 0 Å². The number of nitrogens with zero attached hydrogens (tertiary/aromatic N) is 2. The van der Waals surface area contributed by atoms with Gasteiger partial charge in [0.1, 0.15) is 11.2 Å². The molecule has 0 spiro atoms. The number of fused-ring (bicyclic) bond motifs is 13. The normalized spacial score (nSPS) is 12.0. The first-order valence-corrected chi connectivity index (χ1v) is 23.1. The molecule has 65 heavy (non-hydrogen) atoms. The highest BCUT2D eigenvalue weighted by molar-refractivity contribution is 7.26. The van der Waals surface area contributed by atoms with Crippen LogP contribution in [0.5, 0.6) is 0 Å². The molecule has 3 aromatic heterocycles. The molecule has 5 heteroatoms. The van der Waals surface area contributed by atoms with Crippen molar-refractivity contribution < 1.29 is 8.83 Å². The lowest BCUT2D eigenvalue weighted by molar-refractivity contribution is 0.668. The van der Waals surface area contributed by atoms with E-state index in [1.165, 1.54) is 64.0 Å². The number of thiophene rings is 1. The first-order chi connectivity index (χ1) is 31.9. The number of furan rings is 2. The molecule has 0 radical (unpaired) electrons. The molecule has 0 saturated carbocycles. The fraction of sp³-hybridized carbons (Fsp3) is 0.0667. The quantitative estimate of drug-likeness (QED) is 0.167. The van der Waals surface area contributed by atoms with Crippen LogP contribution in [0, 0.1) is 27.7 Å². The van der Waals surface area contributed by atoms with Crippen molar-refractivity contribution in [2.75, 3.05) is 9.80 Å². The van der Waals surface area contributed by atoms with Crippen LogP contribution in [0.25, 0.3) is 85.6 Å². The van der Waals surface area contributed by atoms with E-state index in [-0.39, 0.29) is 0 Å². The van der Waals surface area contributed by atoms with Crippen molar-refractivity contribution >= 4 is 131 Å². The van der Waals surface area contributed by atoms with E-state index in [0.29, 0.717) is 0 Å². The standard InChI is InChI=1S/C60H42N2O2S/c1-35-27-29-37(3)49(31-35)61(47-23-13-21-45-41-17-9-11-25-53(41)63-59(45)47)51-33-55-57(43-19-7-5-15-39(43)51)58-44-20-8-6-16-40(44)52(34-56(58)65-55)62(50-32-36(2)28-30-38(50)4)48-24-14-22-46-42-18-10-12-26-54(42)64-60(46)48/h5-34H,1-4H3. The van der Waals surface area contributed by atoms with Gasteiger partial charge in [0.05, 0.1) is 22.7 Å². The first kappa shape index (κ1) is 37.7. The van der Waals surface area contributed by atoms with Gasteiger partial charge in [0.15, 0.2) is 11.2 Å². The third-order valence-electron chi connectivity index (χ3n) is 13.4. The summed E-state index contributed by atoms with van der Waals surface area (Å²) in [6.07, 6.45) is 0. The Morgan fingerprint density at radius 3 is 1.15 bits per heavy atom. The lowest BCUT2D eigenvalue weighted by Crippen LogP contribution is -2.12. The van der Waals surface area contributed by atoms with E-state index in [0.717, 1.165) is 78.0 Å². The van der Waals surface area contributed by atoms with Crippen molar-refractivity contribution in [2.45, 2.75) is 27.7 Å². The van der Waals surface area contributed by atoms with Crippen LogP contribution in [0.4, 0.5) is 34.1 Å². The zero-order valence-corrected chi connectivity index (χ0v) is 37.3. The molecule has 0 aliphatic heterocycles. The number of benzene rings is 10. The van der Waals surface area contributed by atoms with E-state index < -0.39 is 0 Å². The smallest absolute Gasteiger partial charge is 0.159 e. The first-order valence-electron chi connectivity index (χ1n) is 22.2. The molecule has 0 bridgehead atoms. The van der Waals surface area contributed by atoms with E-state index in [2.05, 4.69) is 207 Å². The van der Waals surface area contributed by atoms with Gasteiger partial charge in [0.25, 0.3) is 0 Å². The van der Waals surface area contributed by atoms with Crippen LogP contribution in [0.15, 0.2) is 191 Å². The maximum atomic E-state index is 6.79. The van der Waals surface area contributed by atoms with Crippen molar-refractivity contribution in [1.29, 1.82) is 0 Å². The van der Waals surface area contributed by atoms with Gasteiger partial charge in [-0.1, -0.05) is 133 Å². The minimum atomic E-state index is 0.872. The summed E-state index contributed by atoms with van der Waals surface area (Å²) in [5.74, 6) is 0. The summed E-state index contributed by atoms with van der Waals surface area (Å²) in [6.45, 7) is 8.77. The molecule has 0 fully saturated rings. The number of rotatable bonds is 6. The number of anilines is 6. The Labute approximate surface area is 379 Å². The van der Waals surface area contributed by atoms with Crippen LogP contribution in [-0.2, 0) is 0 Å². The number of hydrogen-bond acceptors (Lipinski definition) is 5. The lowest BCUT2D eigenvalue weighted by atomic mass is 9.96. The van der Waals surface area contributed by atoms with Gasteiger partial charge in [0, 0.05) is 63.9 Å². The molecule has 3 heterocycles.